The number of nitrogens with two attached hydrogens (primary N) is 1. The topological polar surface area (TPSA) is 99.6 Å². The molecule has 0 bridgehead atoms. The summed E-state index contributed by atoms with van der Waals surface area (Å²) in [6.45, 7) is 0.735. The number of fused-ring (bicyclic) bond motifs is 1. The fourth-order valence-electron chi connectivity index (χ4n) is 2.57. The maximum atomic E-state index is 12.4. The largest absolute Gasteiger partial charge is 0.481 e. The van der Waals surface area contributed by atoms with Crippen molar-refractivity contribution in [1.29, 1.82) is 0 Å². The lowest BCUT2D eigenvalue weighted by atomic mass is 10.2. The Kier molecular flexibility index (Phi) is 5.59. The summed E-state index contributed by atoms with van der Waals surface area (Å²) in [5.41, 5.74) is 7.47. The number of benzene rings is 1. The van der Waals surface area contributed by atoms with Gasteiger partial charge in [-0.1, -0.05) is 5.92 Å². The lowest BCUT2D eigenvalue weighted by molar-refractivity contribution is 0.0948. The third-order valence-electron chi connectivity index (χ3n) is 3.81. The van der Waals surface area contributed by atoms with Crippen LogP contribution in [0.2, 0.25) is 0 Å². The number of carbonyl (C=O) groups excluding carboxylic acids is 1. The first-order chi connectivity index (χ1) is 13.1. The Labute approximate surface area is 156 Å². The molecule has 3 aromatic rings. The minimum Gasteiger partial charge on any atom is -0.481 e. The number of anilines is 1. The predicted molar refractivity (Wildman–Crippen MR) is 101 cm³/mol. The Morgan fingerprint density at radius 1 is 1.33 bits per heavy atom. The lowest BCUT2D eigenvalue weighted by Gasteiger charge is -2.07. The van der Waals surface area contributed by atoms with Gasteiger partial charge in [0.25, 0.3) is 5.91 Å². The highest BCUT2D eigenvalue weighted by atomic mass is 16.5. The third-order valence-corrected chi connectivity index (χ3v) is 3.81. The summed E-state index contributed by atoms with van der Waals surface area (Å²) >= 11 is 0. The molecular formula is C20H19N3O4. The Morgan fingerprint density at radius 3 is 2.93 bits per heavy atom. The standard InChI is InChI=1S/C20H19N3O4/c1-3-8-26-15-6-4-13-9-16(27-18(13)10-15)11-22-20(24)17-7-5-14(12-25-2)23-19(17)21/h1,4-7,9-10H,8,11-12H2,2H3,(H2,21,23)(H,22,24). The van der Waals surface area contributed by atoms with Gasteiger partial charge in [0, 0.05) is 18.6 Å². The predicted octanol–water partition coefficient (Wildman–Crippen LogP) is 2.50. The van der Waals surface area contributed by atoms with E-state index in [1.165, 1.54) is 0 Å². The Balaban J connectivity index is 1.67. The molecule has 0 spiro atoms. The van der Waals surface area contributed by atoms with Crippen LogP contribution >= 0.6 is 0 Å². The van der Waals surface area contributed by atoms with Gasteiger partial charge in [0.05, 0.1) is 24.4 Å². The molecule has 1 aromatic carbocycles. The number of pyridine rings is 1. The number of nitrogens with one attached hydrogen (secondary N) is 1. The van der Waals surface area contributed by atoms with Crippen LogP contribution in [0.3, 0.4) is 0 Å². The van der Waals surface area contributed by atoms with Crippen LogP contribution in [0.4, 0.5) is 5.82 Å². The van der Waals surface area contributed by atoms with Crippen LogP contribution in [0.5, 0.6) is 5.75 Å². The van der Waals surface area contributed by atoms with Gasteiger partial charge in [-0.15, -0.1) is 6.42 Å². The molecule has 0 atom stereocenters. The molecule has 7 nitrogen and oxygen atoms in total. The molecule has 0 aliphatic rings. The number of rotatable bonds is 7. The quantitative estimate of drug-likeness (QED) is 0.624. The van der Waals surface area contributed by atoms with Crippen molar-refractivity contribution in [3.63, 3.8) is 0 Å². The number of nitrogen functional groups attached to an aromatic ring is 1. The van der Waals surface area contributed by atoms with Crippen LogP contribution in [0.15, 0.2) is 40.8 Å². The third kappa shape index (κ3) is 4.37. The number of methoxy groups -OCH3 is 1. The number of aromatic nitrogens is 1. The number of furan rings is 1. The summed E-state index contributed by atoms with van der Waals surface area (Å²) in [6.07, 6.45) is 5.18. The Morgan fingerprint density at radius 2 is 2.19 bits per heavy atom. The van der Waals surface area contributed by atoms with E-state index in [-0.39, 0.29) is 24.9 Å². The highest BCUT2D eigenvalue weighted by Gasteiger charge is 2.13. The fraction of sp³-hybridized carbons (Fsp3) is 0.200. The van der Waals surface area contributed by atoms with Crippen molar-refractivity contribution >= 4 is 22.7 Å². The second-order valence-electron chi connectivity index (χ2n) is 5.76. The van der Waals surface area contributed by atoms with E-state index in [0.29, 0.717) is 35.0 Å². The lowest BCUT2D eigenvalue weighted by Crippen LogP contribution is -2.24. The molecule has 0 saturated carbocycles. The molecule has 0 aliphatic carbocycles. The summed E-state index contributed by atoms with van der Waals surface area (Å²) in [6, 6.07) is 10.6. The van der Waals surface area contributed by atoms with Crippen molar-refractivity contribution < 1.29 is 18.7 Å². The second-order valence-corrected chi connectivity index (χ2v) is 5.76. The molecule has 138 valence electrons. The highest BCUT2D eigenvalue weighted by molar-refractivity contribution is 5.98. The van der Waals surface area contributed by atoms with Crippen molar-refractivity contribution in [2.45, 2.75) is 13.2 Å². The first-order valence-electron chi connectivity index (χ1n) is 8.22. The van der Waals surface area contributed by atoms with Gasteiger partial charge in [0.2, 0.25) is 0 Å². The number of hydrogen-bond acceptors (Lipinski definition) is 6. The van der Waals surface area contributed by atoms with E-state index in [1.807, 2.05) is 18.2 Å². The van der Waals surface area contributed by atoms with Gasteiger partial charge in [0.1, 0.15) is 29.5 Å². The first-order valence-corrected chi connectivity index (χ1v) is 8.22. The van der Waals surface area contributed by atoms with Crippen LogP contribution < -0.4 is 15.8 Å². The minimum atomic E-state index is -0.331. The van der Waals surface area contributed by atoms with Gasteiger partial charge in [-0.05, 0) is 30.3 Å². The monoisotopic (exact) mass is 365 g/mol. The maximum Gasteiger partial charge on any atom is 0.255 e. The molecule has 2 heterocycles. The molecule has 3 rings (SSSR count). The Bertz CT molecular complexity index is 1000. The van der Waals surface area contributed by atoms with Crippen LogP contribution in [-0.4, -0.2) is 24.6 Å². The van der Waals surface area contributed by atoms with E-state index in [0.717, 1.165) is 5.39 Å². The van der Waals surface area contributed by atoms with E-state index >= 15 is 0 Å². The molecule has 1 amide bonds. The number of terminal acetylenes is 1. The van der Waals surface area contributed by atoms with E-state index in [9.17, 15) is 4.79 Å². The number of ether oxygens (including phenoxy) is 2. The van der Waals surface area contributed by atoms with Crippen molar-refractivity contribution in [1.82, 2.24) is 10.3 Å². The van der Waals surface area contributed by atoms with Crippen LogP contribution in [-0.2, 0) is 17.9 Å². The van der Waals surface area contributed by atoms with Gasteiger partial charge in [0.15, 0.2) is 0 Å². The zero-order chi connectivity index (χ0) is 19.2. The smallest absolute Gasteiger partial charge is 0.255 e. The first kappa shape index (κ1) is 18.3. The maximum absolute atomic E-state index is 12.4. The van der Waals surface area contributed by atoms with Gasteiger partial charge >= 0.3 is 0 Å². The van der Waals surface area contributed by atoms with Crippen LogP contribution in [0, 0.1) is 12.3 Å². The van der Waals surface area contributed by atoms with Crippen LogP contribution in [0.25, 0.3) is 11.0 Å². The SMILES string of the molecule is C#CCOc1ccc2cc(CNC(=O)c3ccc(COC)nc3N)oc2c1. The minimum absolute atomic E-state index is 0.155. The van der Waals surface area contributed by atoms with E-state index in [2.05, 4.69) is 16.2 Å². The molecular weight excluding hydrogens is 346 g/mol. The molecule has 0 fully saturated rings. The molecule has 7 heteroatoms. The van der Waals surface area contributed by atoms with Crippen LogP contribution in [0.1, 0.15) is 21.8 Å². The van der Waals surface area contributed by atoms with Gasteiger partial charge < -0.3 is 24.9 Å². The van der Waals surface area contributed by atoms with E-state index < -0.39 is 0 Å². The molecule has 3 N–H and O–H groups in total. The van der Waals surface area contributed by atoms with Gasteiger partial charge in [-0.3, -0.25) is 4.79 Å². The summed E-state index contributed by atoms with van der Waals surface area (Å²) in [5, 5.41) is 3.68. The average Bonchev–Trinajstić information content (AvgIpc) is 3.07. The molecule has 0 unspecified atom stereocenters. The van der Waals surface area contributed by atoms with Gasteiger partial charge in [-0.2, -0.15) is 0 Å². The normalized spacial score (nSPS) is 10.5. The molecule has 2 aromatic heterocycles. The summed E-state index contributed by atoms with van der Waals surface area (Å²) < 4.78 is 16.1. The van der Waals surface area contributed by atoms with Crippen molar-refractivity contribution in [2.75, 3.05) is 19.5 Å². The zero-order valence-corrected chi connectivity index (χ0v) is 14.8. The van der Waals surface area contributed by atoms with Crippen molar-refractivity contribution in [2.24, 2.45) is 0 Å². The molecule has 0 saturated heterocycles. The van der Waals surface area contributed by atoms with Crippen molar-refractivity contribution in [3.05, 3.63) is 53.4 Å². The van der Waals surface area contributed by atoms with E-state index in [4.69, 9.17) is 26.0 Å². The molecule has 0 aliphatic heterocycles. The molecule has 27 heavy (non-hydrogen) atoms. The van der Waals surface area contributed by atoms with E-state index in [1.54, 1.807) is 25.3 Å². The number of amides is 1. The highest BCUT2D eigenvalue weighted by Crippen LogP contribution is 2.24. The second kappa shape index (κ2) is 8.25. The average molecular weight is 365 g/mol. The fourth-order valence-corrected chi connectivity index (χ4v) is 2.57. The van der Waals surface area contributed by atoms with Crippen molar-refractivity contribution in [3.8, 4) is 18.1 Å². The summed E-state index contributed by atoms with van der Waals surface area (Å²) in [5.74, 6) is 3.47. The Hall–Kier alpha value is -3.50. The summed E-state index contributed by atoms with van der Waals surface area (Å²) in [7, 11) is 1.57. The summed E-state index contributed by atoms with van der Waals surface area (Å²) in [4.78, 5) is 16.5. The van der Waals surface area contributed by atoms with Gasteiger partial charge in [-0.25, -0.2) is 4.98 Å². The number of hydrogen-bond donors (Lipinski definition) is 2. The number of carbonyl (C=O) groups is 1. The zero-order valence-electron chi connectivity index (χ0n) is 14.8. The molecule has 0 radical (unpaired) electrons. The number of nitrogens with zero attached hydrogens (tertiary/aromatic N) is 1.